The van der Waals surface area contributed by atoms with Crippen LogP contribution in [-0.4, -0.2) is 15.7 Å². The number of hydrogen-bond donors (Lipinski definition) is 1. The van der Waals surface area contributed by atoms with Gasteiger partial charge >= 0.3 is 0 Å². The molecule has 0 spiro atoms. The van der Waals surface area contributed by atoms with Crippen molar-refractivity contribution in [2.24, 2.45) is 0 Å². The van der Waals surface area contributed by atoms with E-state index in [4.69, 9.17) is 0 Å². The van der Waals surface area contributed by atoms with Gasteiger partial charge in [-0.05, 0) is 31.5 Å². The minimum atomic E-state index is -0.144. The van der Waals surface area contributed by atoms with Crippen LogP contribution in [0.5, 0.6) is 0 Å². The van der Waals surface area contributed by atoms with E-state index in [1.165, 1.54) is 11.1 Å². The number of nitrogens with one attached hydrogen (secondary N) is 1. The van der Waals surface area contributed by atoms with Gasteiger partial charge < -0.3 is 5.32 Å². The van der Waals surface area contributed by atoms with Crippen molar-refractivity contribution in [1.29, 1.82) is 0 Å². The van der Waals surface area contributed by atoms with Crippen LogP contribution in [0.15, 0.2) is 60.8 Å². The van der Waals surface area contributed by atoms with E-state index in [1.807, 2.05) is 42.1 Å². The summed E-state index contributed by atoms with van der Waals surface area (Å²) in [4.78, 5) is 12.2. The summed E-state index contributed by atoms with van der Waals surface area (Å²) in [6, 6.07) is 17.6. The van der Waals surface area contributed by atoms with Crippen molar-refractivity contribution in [3.05, 3.63) is 83.0 Å². The van der Waals surface area contributed by atoms with Crippen LogP contribution in [0.25, 0.3) is 0 Å². The Balaban J connectivity index is 1.67. The molecule has 0 saturated heterocycles. The average Bonchev–Trinajstić information content (AvgIpc) is 2.96. The number of amides is 1. The molecule has 0 atom stereocenters. The monoisotopic (exact) mass is 305 g/mol. The van der Waals surface area contributed by atoms with E-state index in [-0.39, 0.29) is 5.91 Å². The van der Waals surface area contributed by atoms with E-state index in [2.05, 4.69) is 41.6 Å². The molecule has 0 aliphatic rings. The number of aromatic nitrogens is 2. The van der Waals surface area contributed by atoms with Gasteiger partial charge in [-0.1, -0.05) is 47.5 Å². The van der Waals surface area contributed by atoms with E-state index < -0.39 is 0 Å². The van der Waals surface area contributed by atoms with Crippen molar-refractivity contribution in [3.63, 3.8) is 0 Å². The number of nitrogens with zero attached hydrogens (tertiary/aromatic N) is 2. The third-order valence-electron chi connectivity index (χ3n) is 3.63. The van der Waals surface area contributed by atoms with Gasteiger partial charge in [-0.25, -0.2) is 0 Å². The number of carbonyl (C=O) groups excluding carboxylic acids is 1. The molecule has 116 valence electrons. The highest BCUT2D eigenvalue weighted by Crippen LogP contribution is 2.10. The van der Waals surface area contributed by atoms with Gasteiger partial charge in [-0.15, -0.1) is 0 Å². The molecule has 0 unspecified atom stereocenters. The molecule has 1 N–H and O–H groups in total. The van der Waals surface area contributed by atoms with E-state index in [0.717, 1.165) is 5.56 Å². The van der Waals surface area contributed by atoms with Gasteiger partial charge in [-0.3, -0.25) is 9.48 Å². The van der Waals surface area contributed by atoms with Gasteiger partial charge in [0.05, 0.1) is 6.54 Å². The summed E-state index contributed by atoms with van der Waals surface area (Å²) in [7, 11) is 0. The highest BCUT2D eigenvalue weighted by Gasteiger charge is 2.08. The minimum absolute atomic E-state index is 0.144. The first kappa shape index (κ1) is 15.0. The SMILES string of the molecule is Cc1ccc(Cn2ccc(NC(=O)c3cccc(C)c3)n2)cc1. The Morgan fingerprint density at radius 3 is 2.57 bits per heavy atom. The van der Waals surface area contributed by atoms with Crippen LogP contribution in [0.1, 0.15) is 27.0 Å². The Hall–Kier alpha value is -2.88. The second kappa shape index (κ2) is 6.48. The minimum Gasteiger partial charge on any atom is -0.305 e. The van der Waals surface area contributed by atoms with Gasteiger partial charge in [-0.2, -0.15) is 5.10 Å². The van der Waals surface area contributed by atoms with Gasteiger partial charge in [0.15, 0.2) is 5.82 Å². The molecule has 2 aromatic carbocycles. The Bertz CT molecular complexity index is 819. The first-order valence-electron chi connectivity index (χ1n) is 7.57. The molecule has 0 aliphatic heterocycles. The first-order valence-corrected chi connectivity index (χ1v) is 7.57. The summed E-state index contributed by atoms with van der Waals surface area (Å²) < 4.78 is 1.82. The lowest BCUT2D eigenvalue weighted by molar-refractivity contribution is 0.102. The van der Waals surface area contributed by atoms with Gasteiger partial charge in [0.2, 0.25) is 0 Å². The second-order valence-corrected chi connectivity index (χ2v) is 5.71. The summed E-state index contributed by atoms with van der Waals surface area (Å²) >= 11 is 0. The van der Waals surface area contributed by atoms with Crippen LogP contribution in [0.3, 0.4) is 0 Å². The Morgan fingerprint density at radius 2 is 1.83 bits per heavy atom. The standard InChI is InChI=1S/C19H19N3O/c1-14-6-8-16(9-7-14)13-22-11-10-18(21-22)20-19(23)17-5-3-4-15(2)12-17/h3-12H,13H2,1-2H3,(H,20,21,23). The molecule has 1 aromatic heterocycles. The van der Waals surface area contributed by atoms with Crippen molar-refractivity contribution in [2.75, 3.05) is 5.32 Å². The molecular formula is C19H19N3O. The maximum absolute atomic E-state index is 12.2. The Labute approximate surface area is 135 Å². The van der Waals surface area contributed by atoms with Crippen LogP contribution >= 0.6 is 0 Å². The van der Waals surface area contributed by atoms with E-state index in [0.29, 0.717) is 17.9 Å². The fourth-order valence-corrected chi connectivity index (χ4v) is 2.37. The smallest absolute Gasteiger partial charge is 0.256 e. The van der Waals surface area contributed by atoms with E-state index in [9.17, 15) is 4.79 Å². The molecule has 0 saturated carbocycles. The summed E-state index contributed by atoms with van der Waals surface area (Å²) in [5.74, 6) is 0.415. The molecular weight excluding hydrogens is 286 g/mol. The van der Waals surface area contributed by atoms with Crippen LogP contribution in [0, 0.1) is 13.8 Å². The van der Waals surface area contributed by atoms with Gasteiger partial charge in [0, 0.05) is 17.8 Å². The first-order chi connectivity index (χ1) is 11.1. The number of carbonyl (C=O) groups is 1. The molecule has 0 bridgehead atoms. The molecule has 0 fully saturated rings. The third-order valence-corrected chi connectivity index (χ3v) is 3.63. The summed E-state index contributed by atoms with van der Waals surface area (Å²) in [6.45, 7) is 4.71. The zero-order valence-corrected chi connectivity index (χ0v) is 13.3. The van der Waals surface area contributed by atoms with Crippen LogP contribution in [0.2, 0.25) is 0 Å². The van der Waals surface area contributed by atoms with Gasteiger partial charge in [0.25, 0.3) is 5.91 Å². The lowest BCUT2D eigenvalue weighted by Gasteiger charge is -2.04. The molecule has 0 radical (unpaired) electrons. The molecule has 1 heterocycles. The Kier molecular flexibility index (Phi) is 4.24. The van der Waals surface area contributed by atoms with Crippen molar-refractivity contribution in [3.8, 4) is 0 Å². The van der Waals surface area contributed by atoms with E-state index in [1.54, 1.807) is 6.07 Å². The molecule has 23 heavy (non-hydrogen) atoms. The van der Waals surface area contributed by atoms with Crippen LogP contribution < -0.4 is 5.32 Å². The van der Waals surface area contributed by atoms with Crippen molar-refractivity contribution < 1.29 is 4.79 Å². The normalized spacial score (nSPS) is 10.5. The second-order valence-electron chi connectivity index (χ2n) is 5.71. The van der Waals surface area contributed by atoms with Crippen LogP contribution in [-0.2, 0) is 6.54 Å². The average molecular weight is 305 g/mol. The highest BCUT2D eigenvalue weighted by atomic mass is 16.1. The Morgan fingerprint density at radius 1 is 1.04 bits per heavy atom. The molecule has 1 amide bonds. The highest BCUT2D eigenvalue weighted by molar-refractivity contribution is 6.03. The quantitative estimate of drug-likeness (QED) is 0.797. The largest absolute Gasteiger partial charge is 0.305 e. The fourth-order valence-electron chi connectivity index (χ4n) is 2.37. The summed E-state index contributed by atoms with van der Waals surface area (Å²) in [5.41, 5.74) is 4.11. The zero-order valence-electron chi connectivity index (χ0n) is 13.3. The number of anilines is 1. The molecule has 0 aliphatic carbocycles. The molecule has 4 heteroatoms. The number of hydrogen-bond acceptors (Lipinski definition) is 2. The van der Waals surface area contributed by atoms with Crippen LogP contribution in [0.4, 0.5) is 5.82 Å². The number of aryl methyl sites for hydroxylation is 2. The van der Waals surface area contributed by atoms with E-state index >= 15 is 0 Å². The zero-order chi connectivity index (χ0) is 16.2. The van der Waals surface area contributed by atoms with Gasteiger partial charge in [0.1, 0.15) is 0 Å². The molecule has 3 rings (SSSR count). The predicted molar refractivity (Wildman–Crippen MR) is 91.6 cm³/mol. The predicted octanol–water partition coefficient (Wildman–Crippen LogP) is 3.80. The third kappa shape index (κ3) is 3.86. The molecule has 3 aromatic rings. The summed E-state index contributed by atoms with van der Waals surface area (Å²) in [6.07, 6.45) is 1.87. The maximum Gasteiger partial charge on any atom is 0.256 e. The maximum atomic E-state index is 12.2. The van der Waals surface area contributed by atoms with Crippen molar-refractivity contribution in [2.45, 2.75) is 20.4 Å². The van der Waals surface area contributed by atoms with Crippen molar-refractivity contribution >= 4 is 11.7 Å². The molecule has 4 nitrogen and oxygen atoms in total. The number of benzene rings is 2. The fraction of sp³-hybridized carbons (Fsp3) is 0.158. The lowest BCUT2D eigenvalue weighted by atomic mass is 10.1. The number of rotatable bonds is 4. The topological polar surface area (TPSA) is 46.9 Å². The lowest BCUT2D eigenvalue weighted by Crippen LogP contribution is -2.13. The summed E-state index contributed by atoms with van der Waals surface area (Å²) in [5, 5.41) is 7.23. The van der Waals surface area contributed by atoms with Crippen molar-refractivity contribution in [1.82, 2.24) is 9.78 Å².